The van der Waals surface area contributed by atoms with Gasteiger partial charge in [-0.05, 0) is 78.9 Å². The highest BCUT2D eigenvalue weighted by Gasteiger charge is 2.39. The van der Waals surface area contributed by atoms with Gasteiger partial charge in [-0.25, -0.2) is 9.69 Å². The molecular weight excluding hydrogens is 495 g/mol. The summed E-state index contributed by atoms with van der Waals surface area (Å²) in [6.07, 6.45) is -0.285. The second-order valence-electron chi connectivity index (χ2n) is 6.27. The summed E-state index contributed by atoms with van der Waals surface area (Å²) < 4.78 is 6.19. The van der Waals surface area contributed by atoms with Gasteiger partial charge in [0.05, 0.1) is 17.4 Å². The molecule has 1 aliphatic heterocycles. The maximum Gasteiger partial charge on any atom is 0.338 e. The minimum Gasteiger partial charge on any atom is -0.459 e. The molecule has 6 nitrogen and oxygen atoms in total. The Morgan fingerprint density at radius 2 is 1.79 bits per heavy atom. The minimum atomic E-state index is -0.658. The lowest BCUT2D eigenvalue weighted by atomic mass is 10.2. The van der Waals surface area contributed by atoms with Gasteiger partial charge >= 0.3 is 5.97 Å². The lowest BCUT2D eigenvalue weighted by molar-refractivity contribution is -0.120. The van der Waals surface area contributed by atoms with E-state index in [0.29, 0.717) is 5.69 Å². The highest BCUT2D eigenvalue weighted by Crippen LogP contribution is 2.30. The highest BCUT2D eigenvalue weighted by molar-refractivity contribution is 14.1. The van der Waals surface area contributed by atoms with Crippen LogP contribution in [0.25, 0.3) is 0 Å². The number of carbonyl (C=O) groups is 3. The first-order chi connectivity index (χ1) is 13.3. The van der Waals surface area contributed by atoms with Crippen molar-refractivity contribution in [1.29, 1.82) is 0 Å². The number of imide groups is 1. The number of carbonyl (C=O) groups excluding carboxylic acids is 3. The predicted octanol–water partition coefficient (Wildman–Crippen LogP) is 4.29. The van der Waals surface area contributed by atoms with Crippen molar-refractivity contribution < 1.29 is 19.1 Å². The molecule has 0 atom stereocenters. The highest BCUT2D eigenvalue weighted by atomic mass is 127. The molecule has 0 saturated heterocycles. The molecule has 0 aliphatic carbocycles. The maximum atomic E-state index is 12.8. The van der Waals surface area contributed by atoms with E-state index in [1.54, 1.807) is 44.2 Å². The molecule has 8 heteroatoms. The first kappa shape index (κ1) is 20.3. The van der Waals surface area contributed by atoms with E-state index in [1.807, 2.05) is 12.1 Å². The van der Waals surface area contributed by atoms with Crippen molar-refractivity contribution in [1.82, 2.24) is 0 Å². The smallest absolute Gasteiger partial charge is 0.338 e. The lowest BCUT2D eigenvalue weighted by Gasteiger charge is -2.16. The summed E-state index contributed by atoms with van der Waals surface area (Å²) in [5.74, 6) is -1.79. The summed E-state index contributed by atoms with van der Waals surface area (Å²) in [6.45, 7) is 3.48. The van der Waals surface area contributed by atoms with Crippen molar-refractivity contribution in [2.24, 2.45) is 0 Å². The number of amides is 2. The molecule has 1 N–H and O–H groups in total. The summed E-state index contributed by atoms with van der Waals surface area (Å²) in [5, 5.41) is 2.69. The summed E-state index contributed by atoms with van der Waals surface area (Å²) in [4.78, 5) is 38.5. The fraction of sp³-hybridized carbons (Fsp3) is 0.150. The molecule has 2 aromatic rings. The van der Waals surface area contributed by atoms with Gasteiger partial charge in [0.15, 0.2) is 0 Å². The van der Waals surface area contributed by atoms with Crippen molar-refractivity contribution in [3.63, 3.8) is 0 Å². The zero-order valence-corrected chi connectivity index (χ0v) is 17.9. The maximum absolute atomic E-state index is 12.8. The van der Waals surface area contributed by atoms with Crippen molar-refractivity contribution >= 4 is 63.4 Å². The first-order valence-electron chi connectivity index (χ1n) is 8.40. The van der Waals surface area contributed by atoms with E-state index in [1.165, 1.54) is 6.07 Å². The Bertz CT molecular complexity index is 986. The van der Waals surface area contributed by atoms with E-state index in [0.717, 1.165) is 8.47 Å². The van der Waals surface area contributed by atoms with Gasteiger partial charge in [0.1, 0.15) is 10.7 Å². The van der Waals surface area contributed by atoms with Crippen LogP contribution in [0.5, 0.6) is 0 Å². The molecule has 2 amide bonds. The van der Waals surface area contributed by atoms with E-state index >= 15 is 0 Å². The SMILES string of the molecule is CC(C)OC(=O)c1cccc(N2C(=O)C(Cl)=C(Nc3ccc(I)cc3)C2=O)c1. The second-order valence-corrected chi connectivity index (χ2v) is 7.89. The third-order valence-electron chi connectivity index (χ3n) is 3.82. The standard InChI is InChI=1S/C20H16ClIN2O4/c1-11(2)28-20(27)12-4-3-5-15(10-12)24-18(25)16(21)17(19(24)26)23-14-8-6-13(22)7-9-14/h3-11,23H,1-2H3. The Kier molecular flexibility index (Phi) is 6.04. The molecule has 144 valence electrons. The van der Waals surface area contributed by atoms with Crippen LogP contribution in [-0.4, -0.2) is 23.9 Å². The Balaban J connectivity index is 1.87. The molecule has 0 fully saturated rings. The number of rotatable bonds is 5. The van der Waals surface area contributed by atoms with Gasteiger partial charge in [-0.1, -0.05) is 17.7 Å². The quantitative estimate of drug-likeness (QED) is 0.369. The molecule has 0 aromatic heterocycles. The normalized spacial score (nSPS) is 14.1. The van der Waals surface area contributed by atoms with Crippen LogP contribution in [0.3, 0.4) is 0 Å². The van der Waals surface area contributed by atoms with Crippen LogP contribution < -0.4 is 10.2 Å². The number of halogens is 2. The zero-order chi connectivity index (χ0) is 20.4. The summed E-state index contributed by atoms with van der Waals surface area (Å²) in [6, 6.07) is 13.4. The average molecular weight is 511 g/mol. The molecule has 3 rings (SSSR count). The average Bonchev–Trinajstić information content (AvgIpc) is 2.86. The number of esters is 1. The number of nitrogens with zero attached hydrogens (tertiary/aromatic N) is 1. The minimum absolute atomic E-state index is 0.0111. The van der Waals surface area contributed by atoms with Gasteiger partial charge in [0, 0.05) is 9.26 Å². The number of anilines is 2. The van der Waals surface area contributed by atoms with E-state index < -0.39 is 17.8 Å². The molecule has 2 aromatic carbocycles. The van der Waals surface area contributed by atoms with Crippen molar-refractivity contribution in [2.75, 3.05) is 10.2 Å². The van der Waals surface area contributed by atoms with E-state index in [9.17, 15) is 14.4 Å². The molecule has 0 saturated carbocycles. The molecule has 0 spiro atoms. The summed E-state index contributed by atoms with van der Waals surface area (Å²) in [7, 11) is 0. The Morgan fingerprint density at radius 3 is 2.43 bits per heavy atom. The van der Waals surface area contributed by atoms with Crippen LogP contribution in [0, 0.1) is 3.57 Å². The van der Waals surface area contributed by atoms with E-state index in [4.69, 9.17) is 16.3 Å². The molecule has 1 heterocycles. The van der Waals surface area contributed by atoms with Gasteiger partial charge in [-0.3, -0.25) is 9.59 Å². The van der Waals surface area contributed by atoms with Gasteiger partial charge in [0.25, 0.3) is 11.8 Å². The second kappa shape index (κ2) is 8.32. The molecule has 0 bridgehead atoms. The lowest BCUT2D eigenvalue weighted by Crippen LogP contribution is -2.32. The summed E-state index contributed by atoms with van der Waals surface area (Å²) in [5.41, 5.74) is 1.10. The fourth-order valence-corrected chi connectivity index (χ4v) is 3.15. The van der Waals surface area contributed by atoms with E-state index in [-0.39, 0.29) is 28.1 Å². The predicted molar refractivity (Wildman–Crippen MR) is 115 cm³/mol. The largest absolute Gasteiger partial charge is 0.459 e. The monoisotopic (exact) mass is 510 g/mol. The molecule has 0 radical (unpaired) electrons. The van der Waals surface area contributed by atoms with E-state index in [2.05, 4.69) is 27.9 Å². The fourth-order valence-electron chi connectivity index (χ4n) is 2.58. The van der Waals surface area contributed by atoms with Gasteiger partial charge in [0.2, 0.25) is 0 Å². The summed E-state index contributed by atoms with van der Waals surface area (Å²) >= 11 is 8.30. The Hall–Kier alpha value is -2.39. The van der Waals surface area contributed by atoms with Crippen molar-refractivity contribution in [2.45, 2.75) is 20.0 Å². The number of nitrogens with one attached hydrogen (secondary N) is 1. The molecular formula is C20H16ClIN2O4. The van der Waals surface area contributed by atoms with Crippen LogP contribution in [0.2, 0.25) is 0 Å². The van der Waals surface area contributed by atoms with Crippen LogP contribution in [0.4, 0.5) is 11.4 Å². The first-order valence-corrected chi connectivity index (χ1v) is 9.86. The Labute approximate surface area is 180 Å². The van der Waals surface area contributed by atoms with Gasteiger partial charge in [-0.2, -0.15) is 0 Å². The van der Waals surface area contributed by atoms with Gasteiger partial charge in [-0.15, -0.1) is 0 Å². The third-order valence-corrected chi connectivity index (χ3v) is 4.89. The number of hydrogen-bond acceptors (Lipinski definition) is 5. The molecule has 0 unspecified atom stereocenters. The van der Waals surface area contributed by atoms with Crippen LogP contribution in [-0.2, 0) is 14.3 Å². The third kappa shape index (κ3) is 4.20. The molecule has 1 aliphatic rings. The molecule has 28 heavy (non-hydrogen) atoms. The van der Waals surface area contributed by atoms with Gasteiger partial charge < -0.3 is 10.1 Å². The Morgan fingerprint density at radius 1 is 1.11 bits per heavy atom. The van der Waals surface area contributed by atoms with Crippen molar-refractivity contribution in [3.05, 3.63) is 68.4 Å². The number of ether oxygens (including phenoxy) is 1. The zero-order valence-electron chi connectivity index (χ0n) is 15.0. The van der Waals surface area contributed by atoms with Crippen molar-refractivity contribution in [3.8, 4) is 0 Å². The topological polar surface area (TPSA) is 75.7 Å². The number of hydrogen-bond donors (Lipinski definition) is 1. The number of benzene rings is 2. The van der Waals surface area contributed by atoms with Crippen LogP contribution >= 0.6 is 34.2 Å². The van der Waals surface area contributed by atoms with Crippen LogP contribution in [0.1, 0.15) is 24.2 Å². The van der Waals surface area contributed by atoms with Crippen LogP contribution in [0.15, 0.2) is 59.3 Å².